The topological polar surface area (TPSA) is 120 Å². The molecule has 42 heavy (non-hydrogen) atoms. The van der Waals surface area contributed by atoms with Gasteiger partial charge in [0.2, 0.25) is 0 Å². The molecule has 10 nitrogen and oxygen atoms in total. The van der Waals surface area contributed by atoms with Gasteiger partial charge in [-0.15, -0.1) is 0 Å². The maximum atomic E-state index is 12.8. The van der Waals surface area contributed by atoms with Crippen LogP contribution in [0.25, 0.3) is 0 Å². The Bertz CT molecular complexity index is 999. The summed E-state index contributed by atoms with van der Waals surface area (Å²) in [5, 5.41) is 20.2. The Morgan fingerprint density at radius 2 is 1.90 bits per heavy atom. The SMILES string of the molecule is C/C(=C\C=C\[C@@H](C)COC(=O)N1CC[C@@H](O)C1)[C@H]1OC(=O)C[C@@H](O)CC[C@@H](C)[C@@H](C2CN(C)CCN2[C]=O)/C=C/[C@@H]1C. The molecule has 10 heteroatoms. The van der Waals surface area contributed by atoms with Crippen LogP contribution in [-0.4, -0.2) is 114 Å². The van der Waals surface area contributed by atoms with Crippen LogP contribution < -0.4 is 0 Å². The highest BCUT2D eigenvalue weighted by Crippen LogP contribution is 2.30. The van der Waals surface area contributed by atoms with E-state index >= 15 is 0 Å². The van der Waals surface area contributed by atoms with Crippen LogP contribution >= 0.6 is 0 Å². The summed E-state index contributed by atoms with van der Waals surface area (Å²) in [7, 11) is 2.06. The van der Waals surface area contributed by atoms with Crippen LogP contribution in [0.15, 0.2) is 36.0 Å². The van der Waals surface area contributed by atoms with Gasteiger partial charge < -0.3 is 34.4 Å². The summed E-state index contributed by atoms with van der Waals surface area (Å²) in [6.07, 6.45) is 11.6. The molecule has 3 aliphatic rings. The van der Waals surface area contributed by atoms with Crippen LogP contribution in [0.2, 0.25) is 0 Å². The fourth-order valence-corrected chi connectivity index (χ4v) is 5.99. The zero-order valence-electron chi connectivity index (χ0n) is 25.9. The number of aliphatic hydroxyl groups is 2. The third-order valence-corrected chi connectivity index (χ3v) is 8.71. The zero-order chi connectivity index (χ0) is 30.8. The van der Waals surface area contributed by atoms with Crippen molar-refractivity contribution in [3.63, 3.8) is 0 Å². The molecule has 2 amide bonds. The van der Waals surface area contributed by atoms with E-state index < -0.39 is 30.4 Å². The van der Waals surface area contributed by atoms with Crippen molar-refractivity contribution in [2.24, 2.45) is 23.7 Å². The van der Waals surface area contributed by atoms with Gasteiger partial charge in [-0.1, -0.05) is 51.2 Å². The molecule has 0 spiro atoms. The minimum atomic E-state index is -0.792. The quantitative estimate of drug-likeness (QED) is 0.265. The normalized spacial score (nSPS) is 33.9. The van der Waals surface area contributed by atoms with Crippen LogP contribution in [0.3, 0.4) is 0 Å². The molecule has 3 aliphatic heterocycles. The molecule has 0 aromatic carbocycles. The lowest BCUT2D eigenvalue weighted by Crippen LogP contribution is -2.55. The minimum Gasteiger partial charge on any atom is -0.457 e. The Labute approximate surface area is 251 Å². The molecule has 0 aromatic rings. The summed E-state index contributed by atoms with van der Waals surface area (Å²) in [4.78, 5) is 42.3. The predicted molar refractivity (Wildman–Crippen MR) is 160 cm³/mol. The average molecular weight is 589 g/mol. The molecule has 0 aliphatic carbocycles. The van der Waals surface area contributed by atoms with E-state index in [4.69, 9.17) is 9.47 Å². The Balaban J connectivity index is 1.72. The summed E-state index contributed by atoms with van der Waals surface area (Å²) in [6, 6.07) is -0.0218. The number of aliphatic hydroxyl groups excluding tert-OH is 2. The highest BCUT2D eigenvalue weighted by molar-refractivity contribution is 5.70. The van der Waals surface area contributed by atoms with Gasteiger partial charge in [0, 0.05) is 50.5 Å². The van der Waals surface area contributed by atoms with Gasteiger partial charge in [0.25, 0.3) is 0 Å². The predicted octanol–water partition coefficient (Wildman–Crippen LogP) is 2.91. The first-order valence-electron chi connectivity index (χ1n) is 15.3. The Kier molecular flexibility index (Phi) is 13.1. The molecule has 1 unspecified atom stereocenters. The van der Waals surface area contributed by atoms with E-state index in [1.54, 1.807) is 4.90 Å². The van der Waals surface area contributed by atoms with Gasteiger partial charge in [0.05, 0.1) is 31.3 Å². The van der Waals surface area contributed by atoms with Gasteiger partial charge in [-0.05, 0) is 44.7 Å². The summed E-state index contributed by atoms with van der Waals surface area (Å²) < 4.78 is 11.3. The molecule has 3 heterocycles. The van der Waals surface area contributed by atoms with Crippen LogP contribution in [0.5, 0.6) is 0 Å². The number of piperazine rings is 1. The number of rotatable bonds is 7. The van der Waals surface area contributed by atoms with Crippen molar-refractivity contribution in [2.45, 2.75) is 77.7 Å². The number of carbonyl (C=O) groups is 2. The highest BCUT2D eigenvalue weighted by atomic mass is 16.6. The number of carbonyl (C=O) groups excluding carboxylic acids is 3. The summed E-state index contributed by atoms with van der Waals surface area (Å²) >= 11 is 0. The smallest absolute Gasteiger partial charge is 0.409 e. The fourth-order valence-electron chi connectivity index (χ4n) is 5.99. The number of esters is 1. The maximum absolute atomic E-state index is 12.8. The molecular formula is C32H50N3O7. The number of amides is 2. The number of hydrogen-bond acceptors (Lipinski definition) is 8. The number of ether oxygens (including phenoxy) is 2. The maximum Gasteiger partial charge on any atom is 0.409 e. The van der Waals surface area contributed by atoms with Gasteiger partial charge in [0.1, 0.15) is 6.10 Å². The summed E-state index contributed by atoms with van der Waals surface area (Å²) in [5.74, 6) is -0.359. The first-order valence-corrected chi connectivity index (χ1v) is 15.3. The van der Waals surface area contributed by atoms with Gasteiger partial charge in [-0.2, -0.15) is 0 Å². The Morgan fingerprint density at radius 1 is 1.14 bits per heavy atom. The molecule has 0 aromatic heterocycles. The van der Waals surface area contributed by atoms with Crippen molar-refractivity contribution in [1.82, 2.24) is 14.7 Å². The molecule has 0 saturated carbocycles. The van der Waals surface area contributed by atoms with Gasteiger partial charge in [-0.3, -0.25) is 9.59 Å². The lowest BCUT2D eigenvalue weighted by atomic mass is 9.80. The van der Waals surface area contributed by atoms with Gasteiger partial charge in [-0.25, -0.2) is 4.79 Å². The van der Waals surface area contributed by atoms with Crippen molar-refractivity contribution in [3.05, 3.63) is 36.0 Å². The fraction of sp³-hybridized carbons (Fsp3) is 0.719. The molecular weight excluding hydrogens is 538 g/mol. The molecule has 3 rings (SSSR count). The van der Waals surface area contributed by atoms with E-state index in [0.717, 1.165) is 25.1 Å². The Morgan fingerprint density at radius 3 is 2.60 bits per heavy atom. The van der Waals surface area contributed by atoms with Crippen molar-refractivity contribution in [1.29, 1.82) is 0 Å². The second-order valence-corrected chi connectivity index (χ2v) is 12.5. The lowest BCUT2D eigenvalue weighted by molar-refractivity contribution is -0.151. The van der Waals surface area contributed by atoms with E-state index in [2.05, 4.69) is 37.4 Å². The van der Waals surface area contributed by atoms with Crippen LogP contribution in [0.4, 0.5) is 4.79 Å². The van der Waals surface area contributed by atoms with Crippen molar-refractivity contribution in [2.75, 3.05) is 46.4 Å². The molecule has 2 fully saturated rings. The number of hydrogen-bond donors (Lipinski definition) is 2. The third-order valence-electron chi connectivity index (χ3n) is 8.71. The first kappa shape index (κ1) is 33.8. The number of nitrogens with zero attached hydrogens (tertiary/aromatic N) is 3. The average Bonchev–Trinajstić information content (AvgIpc) is 3.39. The number of likely N-dealkylation sites (N-methyl/N-ethyl adjacent to an activating group) is 1. The van der Waals surface area contributed by atoms with Crippen LogP contribution in [0, 0.1) is 23.7 Å². The second kappa shape index (κ2) is 16.2. The number of cyclic esters (lactones) is 1. The molecule has 1 radical (unpaired) electrons. The van der Waals surface area contributed by atoms with Crippen molar-refractivity contribution < 1.29 is 34.1 Å². The largest absolute Gasteiger partial charge is 0.457 e. The van der Waals surface area contributed by atoms with E-state index in [1.807, 2.05) is 39.0 Å². The molecule has 2 saturated heterocycles. The highest BCUT2D eigenvalue weighted by Gasteiger charge is 2.35. The van der Waals surface area contributed by atoms with Gasteiger partial charge >= 0.3 is 18.5 Å². The molecule has 2 N–H and O–H groups in total. The molecule has 0 bridgehead atoms. The lowest BCUT2D eigenvalue weighted by Gasteiger charge is -2.43. The third kappa shape index (κ3) is 9.95. The standard InChI is InChI=1S/C32H50N3O7/c1-22(20-41-32(40)34-14-13-27(38)18-34)7-6-8-24(3)31-25(4)10-12-28(29-19-33(5)15-16-35(29)21-36)23(2)9-11-26(37)17-30(39)42-31/h6-8,10,12,22-23,25-29,31,37-38H,9,11,13-20H2,1-5H3/b7-6+,12-10+,24-8+/t22-,23-,25+,26+,27-,28+,29?,31-/m1/s1. The summed E-state index contributed by atoms with van der Waals surface area (Å²) in [6.45, 7) is 11.2. The first-order chi connectivity index (χ1) is 20.0. The van der Waals surface area contributed by atoms with Crippen molar-refractivity contribution >= 4 is 18.5 Å². The van der Waals surface area contributed by atoms with Crippen LogP contribution in [-0.2, 0) is 19.1 Å². The number of β-amino-alcohol motifs (C(OH)–C–C–N with tert-alkyl or cyclic N) is 1. The van der Waals surface area contributed by atoms with E-state index in [9.17, 15) is 24.6 Å². The Hall–Kier alpha value is -2.69. The van der Waals surface area contributed by atoms with E-state index in [1.165, 1.54) is 4.90 Å². The number of allylic oxidation sites excluding steroid dienone is 2. The zero-order valence-corrected chi connectivity index (χ0v) is 25.9. The van der Waals surface area contributed by atoms with Crippen LogP contribution in [0.1, 0.15) is 53.4 Å². The monoisotopic (exact) mass is 588 g/mol. The molecule has 8 atom stereocenters. The van der Waals surface area contributed by atoms with Crippen molar-refractivity contribution in [3.8, 4) is 0 Å². The minimum absolute atomic E-state index is 0.0218. The second-order valence-electron chi connectivity index (χ2n) is 12.5. The van der Waals surface area contributed by atoms with E-state index in [-0.39, 0.29) is 42.7 Å². The number of likely N-dealkylation sites (tertiary alicyclic amines) is 1. The van der Waals surface area contributed by atoms with Gasteiger partial charge in [0.15, 0.2) is 0 Å². The van der Waals surface area contributed by atoms with E-state index in [0.29, 0.717) is 32.5 Å². The summed E-state index contributed by atoms with van der Waals surface area (Å²) in [5.41, 5.74) is 0.850. The molecule has 235 valence electrons.